The number of fused-ring (bicyclic) bond motifs is 1. The maximum atomic E-state index is 12.6. The van der Waals surface area contributed by atoms with Crippen LogP contribution in [-0.2, 0) is 9.59 Å². The zero-order valence-electron chi connectivity index (χ0n) is 12.3. The molecule has 0 aliphatic carbocycles. The fourth-order valence-electron chi connectivity index (χ4n) is 2.54. The van der Waals surface area contributed by atoms with Crippen molar-refractivity contribution < 1.29 is 14.7 Å². The van der Waals surface area contributed by atoms with Crippen molar-refractivity contribution in [1.29, 1.82) is 0 Å². The molecule has 1 unspecified atom stereocenters. The first-order valence-corrected chi connectivity index (χ1v) is 7.23. The number of hydrogen-bond donors (Lipinski definition) is 1. The Morgan fingerprint density at radius 1 is 1.00 bits per heavy atom. The first-order valence-electron chi connectivity index (χ1n) is 7.23. The van der Waals surface area contributed by atoms with Crippen LogP contribution >= 0.6 is 0 Å². The van der Waals surface area contributed by atoms with Crippen LogP contribution < -0.4 is 4.90 Å². The van der Waals surface area contributed by atoms with Gasteiger partial charge in [-0.25, -0.2) is 4.79 Å². The number of hydrogen-bond acceptors (Lipinski definition) is 2. The number of carbonyl (C=O) groups is 2. The standard InChI is InChI=1S/C19H15NO3/c21-18(13-10-14-6-2-1-3-7-14)20-16-9-5-4-8-15(16)11-12-17(20)19(22)23/h1-13,17H,(H,22,23)/b13-10+. The van der Waals surface area contributed by atoms with Crippen LogP contribution in [0.25, 0.3) is 12.2 Å². The van der Waals surface area contributed by atoms with Gasteiger partial charge in [0.05, 0.1) is 5.69 Å². The summed E-state index contributed by atoms with van der Waals surface area (Å²) in [6.07, 6.45) is 6.35. The third kappa shape index (κ3) is 3.06. The number of para-hydroxylation sites is 1. The summed E-state index contributed by atoms with van der Waals surface area (Å²) >= 11 is 0. The quantitative estimate of drug-likeness (QED) is 0.886. The molecular formula is C19H15NO3. The van der Waals surface area contributed by atoms with Gasteiger partial charge in [0, 0.05) is 6.08 Å². The molecule has 0 saturated heterocycles. The average molecular weight is 305 g/mol. The highest BCUT2D eigenvalue weighted by atomic mass is 16.4. The molecule has 0 saturated carbocycles. The van der Waals surface area contributed by atoms with Crippen molar-refractivity contribution in [3.05, 3.63) is 77.9 Å². The molecule has 4 heteroatoms. The van der Waals surface area contributed by atoms with E-state index in [0.29, 0.717) is 5.69 Å². The largest absolute Gasteiger partial charge is 0.479 e. The van der Waals surface area contributed by atoms with Gasteiger partial charge in [0.1, 0.15) is 0 Å². The predicted molar refractivity (Wildman–Crippen MR) is 89.9 cm³/mol. The van der Waals surface area contributed by atoms with Crippen molar-refractivity contribution in [2.24, 2.45) is 0 Å². The molecule has 4 nitrogen and oxygen atoms in total. The molecule has 1 N–H and O–H groups in total. The molecule has 3 rings (SSSR count). The van der Waals surface area contributed by atoms with Crippen LogP contribution in [0.4, 0.5) is 5.69 Å². The summed E-state index contributed by atoms with van der Waals surface area (Å²) < 4.78 is 0. The van der Waals surface area contributed by atoms with E-state index in [1.54, 1.807) is 24.3 Å². The van der Waals surface area contributed by atoms with Gasteiger partial charge in [-0.05, 0) is 29.3 Å². The Kier molecular flexibility index (Phi) is 4.06. The summed E-state index contributed by atoms with van der Waals surface area (Å²) in [5.74, 6) is -1.42. The van der Waals surface area contributed by atoms with Gasteiger partial charge in [0.2, 0.25) is 0 Å². The second-order valence-electron chi connectivity index (χ2n) is 5.15. The Labute approximate surface area is 134 Å². The molecule has 2 aromatic rings. The second-order valence-corrected chi connectivity index (χ2v) is 5.15. The van der Waals surface area contributed by atoms with Gasteiger partial charge >= 0.3 is 5.97 Å². The average Bonchev–Trinajstić information content (AvgIpc) is 2.59. The molecule has 0 radical (unpaired) electrons. The molecular weight excluding hydrogens is 290 g/mol. The van der Waals surface area contributed by atoms with E-state index in [2.05, 4.69) is 0 Å². The number of carbonyl (C=O) groups excluding carboxylic acids is 1. The van der Waals surface area contributed by atoms with Gasteiger partial charge in [0.25, 0.3) is 5.91 Å². The highest BCUT2D eigenvalue weighted by molar-refractivity contribution is 6.10. The monoisotopic (exact) mass is 305 g/mol. The van der Waals surface area contributed by atoms with Crippen LogP contribution in [0.2, 0.25) is 0 Å². The fraction of sp³-hybridized carbons (Fsp3) is 0.0526. The molecule has 1 heterocycles. The van der Waals surface area contributed by atoms with Gasteiger partial charge in [0.15, 0.2) is 6.04 Å². The third-order valence-corrected chi connectivity index (χ3v) is 3.64. The third-order valence-electron chi connectivity index (χ3n) is 3.64. The maximum Gasteiger partial charge on any atom is 0.330 e. The number of aliphatic carboxylic acids is 1. The molecule has 1 aliphatic heterocycles. The lowest BCUT2D eigenvalue weighted by atomic mass is 10.0. The van der Waals surface area contributed by atoms with Crippen molar-refractivity contribution in [3.63, 3.8) is 0 Å². The van der Waals surface area contributed by atoms with Crippen molar-refractivity contribution in [2.75, 3.05) is 4.90 Å². The van der Waals surface area contributed by atoms with Crippen molar-refractivity contribution >= 4 is 29.7 Å². The van der Waals surface area contributed by atoms with Gasteiger partial charge in [-0.1, -0.05) is 54.6 Å². The molecule has 23 heavy (non-hydrogen) atoms. The Balaban J connectivity index is 1.94. The van der Waals surface area contributed by atoms with E-state index >= 15 is 0 Å². The Morgan fingerprint density at radius 3 is 2.43 bits per heavy atom. The van der Waals surface area contributed by atoms with E-state index < -0.39 is 12.0 Å². The summed E-state index contributed by atoms with van der Waals surface area (Å²) in [5, 5.41) is 9.40. The van der Waals surface area contributed by atoms with E-state index in [0.717, 1.165) is 11.1 Å². The number of benzene rings is 2. The second kappa shape index (κ2) is 6.32. The van der Waals surface area contributed by atoms with Crippen LogP contribution in [0.3, 0.4) is 0 Å². The van der Waals surface area contributed by atoms with E-state index in [4.69, 9.17) is 0 Å². The molecule has 1 aliphatic rings. The van der Waals surface area contributed by atoms with Crippen LogP contribution in [0.5, 0.6) is 0 Å². The minimum atomic E-state index is -1.06. The highest BCUT2D eigenvalue weighted by Crippen LogP contribution is 2.29. The van der Waals surface area contributed by atoms with E-state index in [1.165, 1.54) is 17.1 Å². The summed E-state index contributed by atoms with van der Waals surface area (Å²) in [4.78, 5) is 25.4. The molecule has 114 valence electrons. The number of carboxylic acids is 1. The smallest absolute Gasteiger partial charge is 0.330 e. The molecule has 0 aromatic heterocycles. The maximum absolute atomic E-state index is 12.6. The Bertz CT molecular complexity index is 793. The molecule has 2 aromatic carbocycles. The van der Waals surface area contributed by atoms with Gasteiger partial charge in [-0.2, -0.15) is 0 Å². The summed E-state index contributed by atoms with van der Waals surface area (Å²) in [5.41, 5.74) is 2.31. The number of anilines is 1. The lowest BCUT2D eigenvalue weighted by Gasteiger charge is -2.30. The first-order chi connectivity index (χ1) is 11.2. The summed E-state index contributed by atoms with van der Waals surface area (Å²) in [6.45, 7) is 0. The van der Waals surface area contributed by atoms with E-state index in [1.807, 2.05) is 42.5 Å². The van der Waals surface area contributed by atoms with E-state index in [9.17, 15) is 14.7 Å². The zero-order chi connectivity index (χ0) is 16.2. The topological polar surface area (TPSA) is 57.6 Å². The first kappa shape index (κ1) is 14.8. The normalized spacial score (nSPS) is 16.3. The molecule has 0 bridgehead atoms. The Hall–Kier alpha value is -3.14. The number of amides is 1. The van der Waals surface area contributed by atoms with Crippen LogP contribution in [0, 0.1) is 0 Å². The van der Waals surface area contributed by atoms with Crippen LogP contribution in [0.1, 0.15) is 11.1 Å². The fourth-order valence-corrected chi connectivity index (χ4v) is 2.54. The van der Waals surface area contributed by atoms with Gasteiger partial charge in [-0.3, -0.25) is 9.69 Å². The summed E-state index contributed by atoms with van der Waals surface area (Å²) in [6, 6.07) is 15.7. The highest BCUT2D eigenvalue weighted by Gasteiger charge is 2.31. The lowest BCUT2D eigenvalue weighted by molar-refractivity contribution is -0.138. The molecule has 1 amide bonds. The number of carboxylic acid groups (broad SMARTS) is 1. The molecule has 1 atom stereocenters. The van der Waals surface area contributed by atoms with Gasteiger partial charge in [-0.15, -0.1) is 0 Å². The molecule has 0 spiro atoms. The van der Waals surface area contributed by atoms with E-state index in [-0.39, 0.29) is 5.91 Å². The SMILES string of the molecule is O=C(O)C1C=Cc2ccccc2N1C(=O)/C=C/c1ccccc1. The summed E-state index contributed by atoms with van der Waals surface area (Å²) in [7, 11) is 0. The zero-order valence-corrected chi connectivity index (χ0v) is 12.3. The number of rotatable bonds is 3. The predicted octanol–water partition coefficient (Wildman–Crippen LogP) is 3.21. The van der Waals surface area contributed by atoms with Crippen molar-refractivity contribution in [3.8, 4) is 0 Å². The van der Waals surface area contributed by atoms with Crippen molar-refractivity contribution in [2.45, 2.75) is 6.04 Å². The van der Waals surface area contributed by atoms with Crippen molar-refractivity contribution in [1.82, 2.24) is 0 Å². The van der Waals surface area contributed by atoms with Crippen LogP contribution in [-0.4, -0.2) is 23.0 Å². The number of nitrogens with zero attached hydrogens (tertiary/aromatic N) is 1. The molecule has 0 fully saturated rings. The van der Waals surface area contributed by atoms with Crippen LogP contribution in [0.15, 0.2) is 66.7 Å². The minimum absolute atomic E-state index is 0.363. The van der Waals surface area contributed by atoms with Gasteiger partial charge < -0.3 is 5.11 Å². The Morgan fingerprint density at radius 2 is 1.70 bits per heavy atom. The lowest BCUT2D eigenvalue weighted by Crippen LogP contribution is -2.45. The minimum Gasteiger partial charge on any atom is -0.479 e.